The lowest BCUT2D eigenvalue weighted by atomic mass is 10.1. The van der Waals surface area contributed by atoms with Crippen molar-refractivity contribution in [3.05, 3.63) is 53.1 Å². The van der Waals surface area contributed by atoms with E-state index < -0.39 is 5.97 Å². The molecule has 27 heavy (non-hydrogen) atoms. The molecule has 0 saturated heterocycles. The van der Waals surface area contributed by atoms with Crippen LogP contribution in [0.3, 0.4) is 0 Å². The molecule has 1 amide bonds. The zero-order chi connectivity index (χ0) is 19.8. The van der Waals surface area contributed by atoms with Gasteiger partial charge in [0.1, 0.15) is 5.56 Å². The molecule has 2 aromatic rings. The maximum atomic E-state index is 11.9. The van der Waals surface area contributed by atoms with Crippen LogP contribution in [0.25, 0.3) is 0 Å². The van der Waals surface area contributed by atoms with Gasteiger partial charge in [0.2, 0.25) is 5.91 Å². The maximum absolute atomic E-state index is 11.9. The number of amides is 1. The first kappa shape index (κ1) is 20.3. The van der Waals surface area contributed by atoms with E-state index in [1.807, 2.05) is 31.2 Å². The number of nitrogens with one attached hydrogen (secondary N) is 1. The molecule has 2 N–H and O–H groups in total. The summed E-state index contributed by atoms with van der Waals surface area (Å²) in [6, 6.07) is 10.9. The van der Waals surface area contributed by atoms with Crippen molar-refractivity contribution in [2.75, 3.05) is 20.0 Å². The number of aryl methyl sites for hydroxylation is 1. The van der Waals surface area contributed by atoms with Gasteiger partial charge in [-0.25, -0.2) is 10.2 Å². The average molecular weight is 388 g/mol. The predicted molar refractivity (Wildman–Crippen MR) is 104 cm³/mol. The minimum atomic E-state index is -1.19. The lowest BCUT2D eigenvalue weighted by Crippen LogP contribution is -2.19. The van der Waals surface area contributed by atoms with Gasteiger partial charge in [0.05, 0.1) is 26.2 Å². The number of carbonyl (C=O) groups is 2. The quantitative estimate of drug-likeness (QED) is 0.410. The van der Waals surface area contributed by atoms with Crippen molar-refractivity contribution in [3.8, 4) is 11.5 Å². The average Bonchev–Trinajstić information content (AvgIpc) is 2.66. The van der Waals surface area contributed by atoms with Crippen LogP contribution in [-0.4, -0.2) is 43.2 Å². The van der Waals surface area contributed by atoms with Gasteiger partial charge < -0.3 is 14.6 Å². The Bertz CT molecular complexity index is 850. The third-order valence-electron chi connectivity index (χ3n) is 3.58. The number of carboxylic acid groups (broad SMARTS) is 1. The summed E-state index contributed by atoms with van der Waals surface area (Å²) in [5.74, 6) is -0.901. The van der Waals surface area contributed by atoms with Crippen molar-refractivity contribution >= 4 is 29.9 Å². The molecule has 8 heteroatoms. The molecule has 0 aliphatic carbocycles. The highest BCUT2D eigenvalue weighted by Crippen LogP contribution is 2.32. The molecule has 0 aliphatic rings. The zero-order valence-electron chi connectivity index (χ0n) is 15.2. The fourth-order valence-corrected chi connectivity index (χ4v) is 2.95. The second-order valence-electron chi connectivity index (χ2n) is 5.47. The molecular weight excluding hydrogens is 368 g/mol. The molecule has 0 bridgehead atoms. The normalized spacial score (nSPS) is 10.6. The van der Waals surface area contributed by atoms with Crippen molar-refractivity contribution in [2.45, 2.75) is 11.8 Å². The van der Waals surface area contributed by atoms with Crippen LogP contribution in [0.15, 0.2) is 46.4 Å². The Kier molecular flexibility index (Phi) is 7.25. The molecule has 0 heterocycles. The standard InChI is InChI=1S/C19H20N2O5S/c1-12-4-7-14(8-5-12)27-11-16(22)21-20-10-13-6-9-15(25-2)18(26-3)17(13)19(23)24/h4-10H,11H2,1-3H3,(H,21,22)(H,23,24)/b20-10-. The number of nitrogens with zero attached hydrogens (tertiary/aromatic N) is 1. The number of aromatic carboxylic acids is 1. The summed E-state index contributed by atoms with van der Waals surface area (Å²) in [5.41, 5.74) is 3.73. The number of benzene rings is 2. The molecule has 0 aliphatic heterocycles. The number of hydrazone groups is 1. The molecule has 0 unspecified atom stereocenters. The molecule has 0 saturated carbocycles. The van der Waals surface area contributed by atoms with Gasteiger partial charge in [0.15, 0.2) is 11.5 Å². The van der Waals surface area contributed by atoms with Gasteiger partial charge in [-0.1, -0.05) is 17.7 Å². The fraction of sp³-hybridized carbons (Fsp3) is 0.211. The molecule has 0 fully saturated rings. The van der Waals surface area contributed by atoms with Crippen molar-refractivity contribution in [2.24, 2.45) is 5.10 Å². The SMILES string of the molecule is COc1ccc(/C=N\NC(=O)CSc2ccc(C)cc2)c(C(=O)O)c1OC. The van der Waals surface area contributed by atoms with Gasteiger partial charge in [-0.3, -0.25) is 4.79 Å². The monoisotopic (exact) mass is 388 g/mol. The summed E-state index contributed by atoms with van der Waals surface area (Å²) in [5, 5.41) is 13.3. The smallest absolute Gasteiger partial charge is 0.340 e. The lowest BCUT2D eigenvalue weighted by molar-refractivity contribution is -0.118. The van der Waals surface area contributed by atoms with Crippen molar-refractivity contribution in [1.29, 1.82) is 0 Å². The van der Waals surface area contributed by atoms with E-state index in [2.05, 4.69) is 10.5 Å². The topological polar surface area (TPSA) is 97.2 Å². The van der Waals surface area contributed by atoms with E-state index in [1.54, 1.807) is 6.07 Å². The van der Waals surface area contributed by atoms with E-state index in [1.165, 1.54) is 38.3 Å². The number of hydrogen-bond acceptors (Lipinski definition) is 6. The summed E-state index contributed by atoms with van der Waals surface area (Å²) in [7, 11) is 2.78. The maximum Gasteiger partial charge on any atom is 0.340 e. The highest BCUT2D eigenvalue weighted by molar-refractivity contribution is 8.00. The Hall–Kier alpha value is -3.00. The summed E-state index contributed by atoms with van der Waals surface area (Å²) in [4.78, 5) is 24.5. The van der Waals surface area contributed by atoms with Crippen LogP contribution in [0.1, 0.15) is 21.5 Å². The molecule has 142 valence electrons. The molecule has 0 radical (unpaired) electrons. The van der Waals surface area contributed by atoms with Gasteiger partial charge in [-0.2, -0.15) is 5.10 Å². The fourth-order valence-electron chi connectivity index (χ4n) is 2.26. The molecular formula is C19H20N2O5S. The minimum absolute atomic E-state index is 0.0928. The first-order chi connectivity index (χ1) is 13.0. The Labute approximate surface area is 161 Å². The number of hydrogen-bond donors (Lipinski definition) is 2. The Morgan fingerprint density at radius 1 is 1.15 bits per heavy atom. The van der Waals surface area contributed by atoms with Gasteiger partial charge >= 0.3 is 5.97 Å². The predicted octanol–water partition coefficient (Wildman–Crippen LogP) is 2.95. The van der Waals surface area contributed by atoms with Crippen molar-refractivity contribution < 1.29 is 24.2 Å². The first-order valence-electron chi connectivity index (χ1n) is 7.96. The second kappa shape index (κ2) is 9.63. The third-order valence-corrected chi connectivity index (χ3v) is 4.59. The van der Waals surface area contributed by atoms with Crippen LogP contribution in [0.2, 0.25) is 0 Å². The van der Waals surface area contributed by atoms with E-state index in [0.29, 0.717) is 5.75 Å². The molecule has 7 nitrogen and oxygen atoms in total. The summed E-state index contributed by atoms with van der Waals surface area (Å²) < 4.78 is 10.2. The van der Waals surface area contributed by atoms with Crippen LogP contribution >= 0.6 is 11.8 Å². The van der Waals surface area contributed by atoms with Crippen LogP contribution in [0.4, 0.5) is 0 Å². The second-order valence-corrected chi connectivity index (χ2v) is 6.51. The largest absolute Gasteiger partial charge is 0.493 e. The molecule has 0 atom stereocenters. The van der Waals surface area contributed by atoms with Crippen LogP contribution in [0.5, 0.6) is 11.5 Å². The zero-order valence-corrected chi connectivity index (χ0v) is 16.0. The van der Waals surface area contributed by atoms with Crippen LogP contribution in [-0.2, 0) is 4.79 Å². The van der Waals surface area contributed by atoms with Crippen molar-refractivity contribution in [1.82, 2.24) is 5.43 Å². The van der Waals surface area contributed by atoms with E-state index in [9.17, 15) is 14.7 Å². The van der Waals surface area contributed by atoms with Crippen molar-refractivity contribution in [3.63, 3.8) is 0 Å². The summed E-state index contributed by atoms with van der Waals surface area (Å²) >= 11 is 1.39. The number of carbonyl (C=O) groups excluding carboxylic acids is 1. The lowest BCUT2D eigenvalue weighted by Gasteiger charge is -2.12. The molecule has 2 rings (SSSR count). The summed E-state index contributed by atoms with van der Waals surface area (Å²) in [6.07, 6.45) is 1.26. The minimum Gasteiger partial charge on any atom is -0.493 e. The first-order valence-corrected chi connectivity index (χ1v) is 8.94. The Morgan fingerprint density at radius 2 is 1.85 bits per heavy atom. The highest BCUT2D eigenvalue weighted by Gasteiger charge is 2.20. The van der Waals surface area contributed by atoms with E-state index in [4.69, 9.17) is 9.47 Å². The van der Waals surface area contributed by atoms with Gasteiger partial charge in [0.25, 0.3) is 0 Å². The van der Waals surface area contributed by atoms with E-state index in [-0.39, 0.29) is 28.5 Å². The van der Waals surface area contributed by atoms with Gasteiger partial charge in [-0.15, -0.1) is 11.8 Å². The number of ether oxygens (including phenoxy) is 2. The van der Waals surface area contributed by atoms with Crippen LogP contribution < -0.4 is 14.9 Å². The number of carboxylic acids is 1. The number of rotatable bonds is 8. The number of methoxy groups -OCH3 is 2. The Balaban J connectivity index is 2.03. The van der Waals surface area contributed by atoms with Gasteiger partial charge in [0, 0.05) is 10.5 Å². The summed E-state index contributed by atoms with van der Waals surface area (Å²) in [6.45, 7) is 2.00. The molecule has 0 spiro atoms. The van der Waals surface area contributed by atoms with E-state index >= 15 is 0 Å². The number of thioether (sulfide) groups is 1. The molecule has 2 aromatic carbocycles. The third kappa shape index (κ3) is 5.49. The van der Waals surface area contributed by atoms with Crippen LogP contribution in [0, 0.1) is 6.92 Å². The van der Waals surface area contributed by atoms with E-state index in [0.717, 1.165) is 10.5 Å². The Morgan fingerprint density at radius 3 is 2.44 bits per heavy atom. The molecule has 0 aromatic heterocycles. The van der Waals surface area contributed by atoms with Gasteiger partial charge in [-0.05, 0) is 31.2 Å². The highest BCUT2D eigenvalue weighted by atomic mass is 32.2.